The molecule has 1 aliphatic heterocycles. The van der Waals surface area contributed by atoms with Crippen LogP contribution in [0.15, 0.2) is 0 Å². The highest BCUT2D eigenvalue weighted by Crippen LogP contribution is 2.12. The number of aliphatic hydroxyl groups is 1. The summed E-state index contributed by atoms with van der Waals surface area (Å²) in [5, 5.41) is 9.58. The van der Waals surface area contributed by atoms with Crippen molar-refractivity contribution >= 4 is 0 Å². The fourth-order valence-corrected chi connectivity index (χ4v) is 1.93. The minimum atomic E-state index is -0.129. The van der Waals surface area contributed by atoms with E-state index in [0.717, 1.165) is 26.1 Å². The van der Waals surface area contributed by atoms with Gasteiger partial charge in [0.25, 0.3) is 0 Å². The molecule has 0 radical (unpaired) electrons. The van der Waals surface area contributed by atoms with Gasteiger partial charge in [-0.1, -0.05) is 38.5 Å². The molecule has 0 saturated carbocycles. The highest BCUT2D eigenvalue weighted by Gasteiger charge is 2.04. The van der Waals surface area contributed by atoms with E-state index in [1.807, 2.05) is 0 Å². The van der Waals surface area contributed by atoms with E-state index in [9.17, 15) is 5.11 Å². The van der Waals surface area contributed by atoms with Gasteiger partial charge in [0.2, 0.25) is 0 Å². The summed E-state index contributed by atoms with van der Waals surface area (Å²) in [6.45, 7) is 1.62. The Morgan fingerprint density at radius 3 is 2.14 bits per heavy atom. The summed E-state index contributed by atoms with van der Waals surface area (Å²) >= 11 is 0. The standard InChI is InChI=1S/C12H24O2/c13-12-8-6-4-2-1-3-5-7-10-14-11-9-12/h12-13H,1-11H2. The van der Waals surface area contributed by atoms with Crippen LogP contribution in [0.3, 0.4) is 0 Å². The zero-order valence-electron chi connectivity index (χ0n) is 9.21. The molecule has 0 aromatic heterocycles. The maximum atomic E-state index is 9.58. The van der Waals surface area contributed by atoms with Crippen molar-refractivity contribution in [2.75, 3.05) is 13.2 Å². The molecule has 0 spiro atoms. The van der Waals surface area contributed by atoms with Crippen LogP contribution in [-0.2, 0) is 4.74 Å². The van der Waals surface area contributed by atoms with Crippen molar-refractivity contribution < 1.29 is 9.84 Å². The molecular formula is C12H24O2. The van der Waals surface area contributed by atoms with Gasteiger partial charge in [-0.25, -0.2) is 0 Å². The van der Waals surface area contributed by atoms with Crippen LogP contribution in [0.2, 0.25) is 0 Å². The normalized spacial score (nSPS) is 28.5. The van der Waals surface area contributed by atoms with Crippen LogP contribution in [0.25, 0.3) is 0 Å². The van der Waals surface area contributed by atoms with Gasteiger partial charge in [-0.15, -0.1) is 0 Å². The maximum absolute atomic E-state index is 9.58. The Bertz CT molecular complexity index is 111. The minimum absolute atomic E-state index is 0.129. The van der Waals surface area contributed by atoms with Crippen molar-refractivity contribution in [3.8, 4) is 0 Å². The first-order chi connectivity index (χ1) is 6.89. The van der Waals surface area contributed by atoms with Crippen LogP contribution in [0, 0.1) is 0 Å². The van der Waals surface area contributed by atoms with Crippen molar-refractivity contribution in [1.29, 1.82) is 0 Å². The zero-order valence-corrected chi connectivity index (χ0v) is 9.21. The molecular weight excluding hydrogens is 176 g/mol. The number of ether oxygens (including phenoxy) is 1. The summed E-state index contributed by atoms with van der Waals surface area (Å²) in [5.74, 6) is 0. The first-order valence-corrected chi connectivity index (χ1v) is 6.15. The molecule has 1 N–H and O–H groups in total. The SMILES string of the molecule is OC1CCCCCCCCCOCC1. The fourth-order valence-electron chi connectivity index (χ4n) is 1.93. The molecule has 14 heavy (non-hydrogen) atoms. The molecule has 1 atom stereocenters. The van der Waals surface area contributed by atoms with E-state index >= 15 is 0 Å². The zero-order chi connectivity index (χ0) is 10.1. The molecule has 2 nitrogen and oxygen atoms in total. The predicted octanol–water partition coefficient (Wildman–Crippen LogP) is 2.89. The van der Waals surface area contributed by atoms with Gasteiger partial charge in [-0.2, -0.15) is 0 Å². The summed E-state index contributed by atoms with van der Waals surface area (Å²) < 4.78 is 5.46. The number of hydrogen-bond donors (Lipinski definition) is 1. The first-order valence-electron chi connectivity index (χ1n) is 6.15. The van der Waals surface area contributed by atoms with Gasteiger partial charge in [0.1, 0.15) is 0 Å². The molecule has 0 aliphatic carbocycles. The second kappa shape index (κ2) is 8.25. The lowest BCUT2D eigenvalue weighted by Crippen LogP contribution is -2.10. The number of rotatable bonds is 0. The van der Waals surface area contributed by atoms with E-state index in [4.69, 9.17) is 4.74 Å². The molecule has 0 aromatic rings. The maximum Gasteiger partial charge on any atom is 0.0562 e. The number of hydrogen-bond acceptors (Lipinski definition) is 2. The molecule has 1 heterocycles. The van der Waals surface area contributed by atoms with Crippen LogP contribution < -0.4 is 0 Å². The van der Waals surface area contributed by atoms with Crippen molar-refractivity contribution in [3.05, 3.63) is 0 Å². The fraction of sp³-hybridized carbons (Fsp3) is 1.00. The van der Waals surface area contributed by atoms with Crippen LogP contribution in [0.5, 0.6) is 0 Å². The predicted molar refractivity (Wildman–Crippen MR) is 58.4 cm³/mol. The Morgan fingerprint density at radius 2 is 1.36 bits per heavy atom. The van der Waals surface area contributed by atoms with Crippen molar-refractivity contribution in [3.63, 3.8) is 0 Å². The lowest BCUT2D eigenvalue weighted by atomic mass is 10.1. The van der Waals surface area contributed by atoms with Gasteiger partial charge >= 0.3 is 0 Å². The van der Waals surface area contributed by atoms with Gasteiger partial charge in [-0.05, 0) is 19.3 Å². The Balaban J connectivity index is 2.12. The van der Waals surface area contributed by atoms with Crippen LogP contribution in [0.4, 0.5) is 0 Å². The smallest absolute Gasteiger partial charge is 0.0562 e. The summed E-state index contributed by atoms with van der Waals surface area (Å²) in [5.41, 5.74) is 0. The van der Waals surface area contributed by atoms with E-state index in [0.29, 0.717) is 0 Å². The Morgan fingerprint density at radius 1 is 0.714 bits per heavy atom. The van der Waals surface area contributed by atoms with Crippen LogP contribution >= 0.6 is 0 Å². The van der Waals surface area contributed by atoms with Crippen LogP contribution in [-0.4, -0.2) is 24.4 Å². The second-order valence-corrected chi connectivity index (χ2v) is 4.32. The molecule has 1 aliphatic rings. The van der Waals surface area contributed by atoms with E-state index in [2.05, 4.69) is 0 Å². The van der Waals surface area contributed by atoms with Crippen molar-refractivity contribution in [2.24, 2.45) is 0 Å². The third-order valence-electron chi connectivity index (χ3n) is 2.92. The lowest BCUT2D eigenvalue weighted by molar-refractivity contribution is 0.0757. The van der Waals surface area contributed by atoms with E-state index in [-0.39, 0.29) is 6.10 Å². The molecule has 0 aromatic carbocycles. The summed E-state index contributed by atoms with van der Waals surface area (Å²) in [7, 11) is 0. The van der Waals surface area contributed by atoms with Crippen molar-refractivity contribution in [1.82, 2.24) is 0 Å². The molecule has 2 heteroatoms. The largest absolute Gasteiger partial charge is 0.393 e. The first kappa shape index (κ1) is 12.0. The minimum Gasteiger partial charge on any atom is -0.393 e. The van der Waals surface area contributed by atoms with Gasteiger partial charge in [0.15, 0.2) is 0 Å². The second-order valence-electron chi connectivity index (χ2n) is 4.32. The Hall–Kier alpha value is -0.0800. The molecule has 84 valence electrons. The molecule has 0 amide bonds. The van der Waals surface area contributed by atoms with Crippen LogP contribution in [0.1, 0.15) is 57.8 Å². The Labute approximate surface area is 87.7 Å². The summed E-state index contributed by atoms with van der Waals surface area (Å²) in [6.07, 6.45) is 10.7. The van der Waals surface area contributed by atoms with E-state index in [1.165, 1.54) is 44.9 Å². The average molecular weight is 200 g/mol. The van der Waals surface area contributed by atoms with Crippen molar-refractivity contribution in [2.45, 2.75) is 63.9 Å². The monoisotopic (exact) mass is 200 g/mol. The highest BCUT2D eigenvalue weighted by atomic mass is 16.5. The molecule has 1 fully saturated rings. The third kappa shape index (κ3) is 6.39. The van der Waals surface area contributed by atoms with Gasteiger partial charge in [0.05, 0.1) is 6.10 Å². The molecule has 1 unspecified atom stereocenters. The lowest BCUT2D eigenvalue weighted by Gasteiger charge is -2.09. The third-order valence-corrected chi connectivity index (χ3v) is 2.92. The van der Waals surface area contributed by atoms with Gasteiger partial charge < -0.3 is 9.84 Å². The Kier molecular flexibility index (Phi) is 7.06. The molecule has 0 bridgehead atoms. The van der Waals surface area contributed by atoms with E-state index in [1.54, 1.807) is 0 Å². The molecule has 1 rings (SSSR count). The van der Waals surface area contributed by atoms with E-state index < -0.39 is 0 Å². The summed E-state index contributed by atoms with van der Waals surface area (Å²) in [6, 6.07) is 0. The quantitative estimate of drug-likeness (QED) is 0.651. The topological polar surface area (TPSA) is 29.5 Å². The summed E-state index contributed by atoms with van der Waals surface area (Å²) in [4.78, 5) is 0. The number of aliphatic hydroxyl groups excluding tert-OH is 1. The highest BCUT2D eigenvalue weighted by molar-refractivity contribution is 4.57. The van der Waals surface area contributed by atoms with Gasteiger partial charge in [-0.3, -0.25) is 0 Å². The average Bonchev–Trinajstić information content (AvgIpc) is 2.20. The van der Waals surface area contributed by atoms with Gasteiger partial charge in [0, 0.05) is 13.2 Å². The molecule has 1 saturated heterocycles.